The van der Waals surface area contributed by atoms with Crippen LogP contribution in [-0.4, -0.2) is 18.2 Å². The largest absolute Gasteiger partial charge is 0.374 e. The minimum Gasteiger partial charge on any atom is -0.374 e. The van der Waals surface area contributed by atoms with E-state index in [0.29, 0.717) is 0 Å². The van der Waals surface area contributed by atoms with E-state index in [1.807, 2.05) is 0 Å². The number of aryl methyl sites for hydroxylation is 2. The molecule has 1 fully saturated rings. The summed E-state index contributed by atoms with van der Waals surface area (Å²) in [5, 5.41) is 0. The smallest absolute Gasteiger partial charge is 0.0835 e. The van der Waals surface area contributed by atoms with Gasteiger partial charge in [-0.2, -0.15) is 0 Å². The average molecular weight is 287 g/mol. The Balaban J connectivity index is 1.73. The number of ether oxygens (including phenoxy) is 1. The van der Waals surface area contributed by atoms with Crippen molar-refractivity contribution in [3.63, 3.8) is 0 Å². The molecule has 21 heavy (non-hydrogen) atoms. The fourth-order valence-corrected chi connectivity index (χ4v) is 4.25. The van der Waals surface area contributed by atoms with Crippen LogP contribution in [0.3, 0.4) is 0 Å². The summed E-state index contributed by atoms with van der Waals surface area (Å²) in [6.45, 7) is 2.87. The van der Waals surface area contributed by atoms with E-state index >= 15 is 0 Å². The topological polar surface area (TPSA) is 35.2 Å². The van der Waals surface area contributed by atoms with E-state index in [0.717, 1.165) is 25.9 Å². The van der Waals surface area contributed by atoms with E-state index in [2.05, 4.69) is 25.1 Å². The lowest BCUT2D eigenvalue weighted by Gasteiger charge is -2.41. The van der Waals surface area contributed by atoms with Gasteiger partial charge in [-0.15, -0.1) is 0 Å². The first kappa shape index (κ1) is 15.1. The molecule has 0 heterocycles. The molecule has 1 aromatic rings. The van der Waals surface area contributed by atoms with Crippen LogP contribution in [-0.2, 0) is 24.0 Å². The highest BCUT2D eigenvalue weighted by Crippen LogP contribution is 2.35. The van der Waals surface area contributed by atoms with E-state index in [1.165, 1.54) is 44.1 Å². The lowest BCUT2D eigenvalue weighted by Crippen LogP contribution is -2.52. The molecule has 2 aliphatic rings. The summed E-state index contributed by atoms with van der Waals surface area (Å²) in [6, 6.07) is 7.12. The summed E-state index contributed by atoms with van der Waals surface area (Å²) in [6.07, 6.45) is 10.9. The molecule has 0 aliphatic heterocycles. The number of hydrogen-bond donors (Lipinski definition) is 1. The number of rotatable bonds is 5. The van der Waals surface area contributed by atoms with Crippen molar-refractivity contribution in [2.45, 2.75) is 76.4 Å². The zero-order valence-electron chi connectivity index (χ0n) is 13.4. The van der Waals surface area contributed by atoms with Gasteiger partial charge in [0.25, 0.3) is 0 Å². The predicted molar refractivity (Wildman–Crippen MR) is 87.6 cm³/mol. The molecule has 116 valence electrons. The highest BCUT2D eigenvalue weighted by Gasteiger charge is 2.38. The average Bonchev–Trinajstić information content (AvgIpc) is 2.96. The predicted octanol–water partition coefficient (Wildman–Crippen LogP) is 3.78. The lowest BCUT2D eigenvalue weighted by molar-refractivity contribution is -0.0817. The van der Waals surface area contributed by atoms with E-state index in [-0.39, 0.29) is 11.6 Å². The lowest BCUT2D eigenvalue weighted by atomic mass is 9.77. The normalized spacial score (nSPS) is 22.0. The van der Waals surface area contributed by atoms with Gasteiger partial charge in [0, 0.05) is 12.6 Å². The Labute approximate surface area is 129 Å². The Morgan fingerprint density at radius 2 is 1.86 bits per heavy atom. The summed E-state index contributed by atoms with van der Waals surface area (Å²) in [5.41, 5.74) is 11.0. The van der Waals surface area contributed by atoms with Crippen molar-refractivity contribution in [1.82, 2.24) is 0 Å². The van der Waals surface area contributed by atoms with Crippen LogP contribution in [0.5, 0.6) is 0 Å². The molecule has 0 radical (unpaired) electrons. The second-order valence-corrected chi connectivity index (χ2v) is 6.83. The minimum absolute atomic E-state index is 0.0774. The Kier molecular flexibility index (Phi) is 4.66. The zero-order chi connectivity index (χ0) is 14.7. The Morgan fingerprint density at radius 1 is 1.10 bits per heavy atom. The summed E-state index contributed by atoms with van der Waals surface area (Å²) < 4.78 is 6.17. The highest BCUT2D eigenvalue weighted by molar-refractivity contribution is 5.35. The van der Waals surface area contributed by atoms with Crippen LogP contribution in [0, 0.1) is 0 Å². The monoisotopic (exact) mass is 287 g/mol. The van der Waals surface area contributed by atoms with E-state index < -0.39 is 0 Å². The quantitative estimate of drug-likeness (QED) is 0.894. The van der Waals surface area contributed by atoms with Gasteiger partial charge < -0.3 is 10.5 Å². The molecular formula is C19H29NO. The molecule has 0 bridgehead atoms. The fourth-order valence-electron chi connectivity index (χ4n) is 4.25. The van der Waals surface area contributed by atoms with Gasteiger partial charge in [-0.05, 0) is 62.1 Å². The van der Waals surface area contributed by atoms with Gasteiger partial charge in [0.05, 0.1) is 5.60 Å². The highest BCUT2D eigenvalue weighted by atomic mass is 16.5. The summed E-state index contributed by atoms with van der Waals surface area (Å²) in [7, 11) is 0. The Bertz CT molecular complexity index is 471. The molecule has 2 aliphatic carbocycles. The van der Waals surface area contributed by atoms with Gasteiger partial charge in [0.1, 0.15) is 0 Å². The van der Waals surface area contributed by atoms with Crippen molar-refractivity contribution in [3.8, 4) is 0 Å². The van der Waals surface area contributed by atoms with Crippen molar-refractivity contribution in [2.75, 3.05) is 6.61 Å². The maximum Gasteiger partial charge on any atom is 0.0835 e. The van der Waals surface area contributed by atoms with E-state index in [9.17, 15) is 0 Å². The van der Waals surface area contributed by atoms with Crippen molar-refractivity contribution in [2.24, 2.45) is 5.73 Å². The van der Waals surface area contributed by atoms with Crippen LogP contribution in [0.4, 0.5) is 0 Å². The fraction of sp³-hybridized carbons (Fsp3) is 0.684. The standard InChI is InChI=1S/C19H29NO/c1-2-21-19(11-4-3-5-12-19)18(20)14-15-9-10-16-7-6-8-17(16)13-15/h9-10,13,18H,2-8,11-12,14,20H2,1H3. The van der Waals surface area contributed by atoms with Crippen LogP contribution < -0.4 is 5.73 Å². The van der Waals surface area contributed by atoms with E-state index in [1.54, 1.807) is 11.1 Å². The van der Waals surface area contributed by atoms with Crippen LogP contribution >= 0.6 is 0 Å². The third-order valence-electron chi connectivity index (χ3n) is 5.43. The molecule has 1 atom stereocenters. The number of nitrogens with two attached hydrogens (primary N) is 1. The molecule has 0 aromatic heterocycles. The SMILES string of the molecule is CCOC1(C(N)Cc2ccc3c(c2)CCC3)CCCCC1. The van der Waals surface area contributed by atoms with Gasteiger partial charge in [0.15, 0.2) is 0 Å². The molecule has 1 aromatic carbocycles. The Morgan fingerprint density at radius 3 is 2.62 bits per heavy atom. The van der Waals surface area contributed by atoms with Gasteiger partial charge in [-0.25, -0.2) is 0 Å². The molecular weight excluding hydrogens is 258 g/mol. The second kappa shape index (κ2) is 6.50. The summed E-state index contributed by atoms with van der Waals surface area (Å²) in [5.74, 6) is 0. The van der Waals surface area contributed by atoms with Crippen molar-refractivity contribution < 1.29 is 4.74 Å². The van der Waals surface area contributed by atoms with Gasteiger partial charge >= 0.3 is 0 Å². The first-order valence-electron chi connectivity index (χ1n) is 8.74. The van der Waals surface area contributed by atoms with Crippen molar-refractivity contribution in [1.29, 1.82) is 0 Å². The van der Waals surface area contributed by atoms with Crippen LogP contribution in [0.2, 0.25) is 0 Å². The third kappa shape index (κ3) is 3.17. The van der Waals surface area contributed by atoms with Gasteiger partial charge in [-0.3, -0.25) is 0 Å². The number of fused-ring (bicyclic) bond motifs is 1. The number of benzene rings is 1. The Hall–Kier alpha value is -0.860. The maximum absolute atomic E-state index is 6.62. The van der Waals surface area contributed by atoms with Crippen molar-refractivity contribution in [3.05, 3.63) is 34.9 Å². The molecule has 0 amide bonds. The first-order valence-corrected chi connectivity index (χ1v) is 8.74. The van der Waals surface area contributed by atoms with E-state index in [4.69, 9.17) is 10.5 Å². The zero-order valence-corrected chi connectivity index (χ0v) is 13.4. The van der Waals surface area contributed by atoms with Gasteiger partial charge in [-0.1, -0.05) is 37.5 Å². The molecule has 0 saturated heterocycles. The molecule has 3 rings (SSSR count). The molecule has 2 heteroatoms. The van der Waals surface area contributed by atoms with Crippen LogP contribution in [0.15, 0.2) is 18.2 Å². The summed E-state index contributed by atoms with van der Waals surface area (Å²) >= 11 is 0. The molecule has 1 saturated carbocycles. The second-order valence-electron chi connectivity index (χ2n) is 6.83. The third-order valence-corrected chi connectivity index (χ3v) is 5.43. The summed E-state index contributed by atoms with van der Waals surface area (Å²) in [4.78, 5) is 0. The van der Waals surface area contributed by atoms with Crippen molar-refractivity contribution >= 4 is 0 Å². The number of hydrogen-bond acceptors (Lipinski definition) is 2. The van der Waals surface area contributed by atoms with Gasteiger partial charge in [0.2, 0.25) is 0 Å². The molecule has 1 unspecified atom stereocenters. The minimum atomic E-state index is -0.0774. The van der Waals surface area contributed by atoms with Crippen LogP contribution in [0.25, 0.3) is 0 Å². The molecule has 2 nitrogen and oxygen atoms in total. The maximum atomic E-state index is 6.62. The molecule has 2 N–H and O–H groups in total. The first-order chi connectivity index (χ1) is 10.2. The molecule has 0 spiro atoms. The van der Waals surface area contributed by atoms with Crippen LogP contribution in [0.1, 0.15) is 62.1 Å².